The number of rotatable bonds is 4. The van der Waals surface area contributed by atoms with Crippen molar-refractivity contribution >= 4 is 17.1 Å². The van der Waals surface area contributed by atoms with E-state index in [0.717, 1.165) is 41.6 Å². The second kappa shape index (κ2) is 5.83. The van der Waals surface area contributed by atoms with Gasteiger partial charge in [-0.15, -0.1) is 0 Å². The maximum Gasteiger partial charge on any atom is 0.146 e. The van der Waals surface area contributed by atoms with Crippen molar-refractivity contribution in [3.05, 3.63) is 41.5 Å². The predicted molar refractivity (Wildman–Crippen MR) is 78.4 cm³/mol. The van der Waals surface area contributed by atoms with Crippen LogP contribution in [0.15, 0.2) is 46.4 Å². The molecule has 0 bridgehead atoms. The van der Waals surface area contributed by atoms with Crippen molar-refractivity contribution < 1.29 is 9.00 Å². The van der Waals surface area contributed by atoms with Gasteiger partial charge in [-0.1, -0.05) is 32.0 Å². The van der Waals surface area contributed by atoms with Gasteiger partial charge in [0, 0.05) is 4.90 Å². The first-order valence-electron chi connectivity index (χ1n) is 6.66. The number of allylic oxidation sites excluding steroid dienone is 1. The van der Waals surface area contributed by atoms with Crippen LogP contribution in [0.3, 0.4) is 0 Å². The van der Waals surface area contributed by atoms with Gasteiger partial charge in [0.1, 0.15) is 6.29 Å². The van der Waals surface area contributed by atoms with Crippen LogP contribution >= 0.6 is 0 Å². The minimum Gasteiger partial charge on any atom is -0.298 e. The van der Waals surface area contributed by atoms with Crippen molar-refractivity contribution in [1.82, 2.24) is 0 Å². The fourth-order valence-corrected chi connectivity index (χ4v) is 4.13. The molecule has 3 heteroatoms. The highest BCUT2D eigenvalue weighted by Gasteiger charge is 2.30. The Bertz CT molecular complexity index is 515. The summed E-state index contributed by atoms with van der Waals surface area (Å²) in [6.45, 7) is 4.29. The smallest absolute Gasteiger partial charge is 0.146 e. The molecule has 102 valence electrons. The lowest BCUT2D eigenvalue weighted by molar-refractivity contribution is -0.105. The van der Waals surface area contributed by atoms with E-state index in [9.17, 15) is 9.00 Å². The molecule has 0 aliphatic heterocycles. The summed E-state index contributed by atoms with van der Waals surface area (Å²) >= 11 is 0. The average molecular weight is 276 g/mol. The zero-order valence-electron chi connectivity index (χ0n) is 11.5. The Balaban J connectivity index is 2.27. The monoisotopic (exact) mass is 276 g/mol. The lowest BCUT2D eigenvalue weighted by atomic mass is 9.73. The first-order chi connectivity index (χ1) is 9.04. The van der Waals surface area contributed by atoms with Gasteiger partial charge in [-0.25, -0.2) is 0 Å². The van der Waals surface area contributed by atoms with E-state index in [2.05, 4.69) is 13.8 Å². The Labute approximate surface area is 117 Å². The molecule has 1 aliphatic rings. The van der Waals surface area contributed by atoms with Gasteiger partial charge in [-0.05, 0) is 48.0 Å². The van der Waals surface area contributed by atoms with E-state index >= 15 is 0 Å². The Morgan fingerprint density at radius 1 is 1.26 bits per heavy atom. The zero-order chi connectivity index (χ0) is 13.9. The van der Waals surface area contributed by atoms with Gasteiger partial charge < -0.3 is 0 Å². The van der Waals surface area contributed by atoms with Crippen molar-refractivity contribution in [2.24, 2.45) is 5.41 Å². The van der Waals surface area contributed by atoms with E-state index in [0.29, 0.717) is 5.75 Å². The number of carbonyl (C=O) groups excluding carboxylic acids is 1. The fraction of sp³-hybridized carbons (Fsp3) is 0.438. The molecule has 0 amide bonds. The maximum absolute atomic E-state index is 12.4. The Morgan fingerprint density at radius 2 is 1.95 bits per heavy atom. The number of benzene rings is 1. The molecule has 2 nitrogen and oxygen atoms in total. The van der Waals surface area contributed by atoms with E-state index in [1.54, 1.807) is 0 Å². The summed E-state index contributed by atoms with van der Waals surface area (Å²) in [5.41, 5.74) is 1.93. The van der Waals surface area contributed by atoms with E-state index in [-0.39, 0.29) is 5.41 Å². The van der Waals surface area contributed by atoms with Crippen molar-refractivity contribution in [1.29, 1.82) is 0 Å². The molecule has 0 heterocycles. The van der Waals surface area contributed by atoms with Crippen LogP contribution in [0.2, 0.25) is 0 Å². The third-order valence-corrected chi connectivity index (χ3v) is 5.23. The van der Waals surface area contributed by atoms with Gasteiger partial charge in [-0.2, -0.15) is 0 Å². The number of carbonyl (C=O) groups is 1. The third kappa shape index (κ3) is 3.21. The van der Waals surface area contributed by atoms with E-state index in [4.69, 9.17) is 0 Å². The van der Waals surface area contributed by atoms with Crippen LogP contribution < -0.4 is 0 Å². The van der Waals surface area contributed by atoms with Gasteiger partial charge in [-0.3, -0.25) is 9.00 Å². The molecule has 1 unspecified atom stereocenters. The highest BCUT2D eigenvalue weighted by molar-refractivity contribution is 7.85. The van der Waals surface area contributed by atoms with Crippen molar-refractivity contribution in [2.75, 3.05) is 5.75 Å². The van der Waals surface area contributed by atoms with Gasteiger partial charge in [0.15, 0.2) is 0 Å². The molecular formula is C16H20O2S. The minimum atomic E-state index is -1.07. The van der Waals surface area contributed by atoms with Crippen molar-refractivity contribution in [3.63, 3.8) is 0 Å². The van der Waals surface area contributed by atoms with Crippen LogP contribution in [0.5, 0.6) is 0 Å². The van der Waals surface area contributed by atoms with Crippen LogP contribution in [0.1, 0.15) is 33.1 Å². The van der Waals surface area contributed by atoms with E-state index in [1.807, 2.05) is 30.3 Å². The summed E-state index contributed by atoms with van der Waals surface area (Å²) in [4.78, 5) is 12.1. The maximum atomic E-state index is 12.4. The summed E-state index contributed by atoms with van der Waals surface area (Å²) in [6, 6.07) is 9.48. The SMILES string of the molecule is CC1(C)CCCC(C=O)=C1CS(=O)c1ccccc1. The lowest BCUT2D eigenvalue weighted by Gasteiger charge is -2.33. The molecule has 2 rings (SSSR count). The zero-order valence-corrected chi connectivity index (χ0v) is 12.3. The van der Waals surface area contributed by atoms with E-state index < -0.39 is 10.8 Å². The molecule has 1 aliphatic carbocycles. The first-order valence-corrected chi connectivity index (χ1v) is 7.97. The molecule has 0 saturated heterocycles. The standard InChI is InChI=1S/C16H20O2S/c1-16(2)10-6-7-13(11-17)15(16)12-19(18)14-8-4-3-5-9-14/h3-5,8-9,11H,6-7,10,12H2,1-2H3. The highest BCUT2D eigenvalue weighted by Crippen LogP contribution is 2.40. The molecule has 0 N–H and O–H groups in total. The summed E-state index contributed by atoms with van der Waals surface area (Å²) in [5, 5.41) is 0. The second-order valence-electron chi connectivity index (χ2n) is 5.66. The molecule has 1 aromatic carbocycles. The Kier molecular flexibility index (Phi) is 4.35. The van der Waals surface area contributed by atoms with Gasteiger partial charge in [0.2, 0.25) is 0 Å². The predicted octanol–water partition coefficient (Wildman–Crippen LogP) is 3.50. The molecule has 1 aromatic rings. The molecular weight excluding hydrogens is 256 g/mol. The lowest BCUT2D eigenvalue weighted by Crippen LogP contribution is -2.25. The number of hydrogen-bond donors (Lipinski definition) is 0. The summed E-state index contributed by atoms with van der Waals surface area (Å²) < 4.78 is 12.4. The number of aldehydes is 1. The van der Waals surface area contributed by atoms with Crippen molar-refractivity contribution in [2.45, 2.75) is 38.0 Å². The minimum absolute atomic E-state index is 0.0149. The Hall–Kier alpha value is -1.22. The van der Waals surface area contributed by atoms with Crippen LogP contribution in [-0.2, 0) is 15.6 Å². The van der Waals surface area contributed by atoms with Crippen LogP contribution in [-0.4, -0.2) is 16.2 Å². The third-order valence-electron chi connectivity index (χ3n) is 3.88. The Morgan fingerprint density at radius 3 is 2.58 bits per heavy atom. The topological polar surface area (TPSA) is 34.1 Å². The highest BCUT2D eigenvalue weighted by atomic mass is 32.2. The largest absolute Gasteiger partial charge is 0.298 e. The summed E-state index contributed by atoms with van der Waals surface area (Å²) in [7, 11) is -1.07. The number of hydrogen-bond acceptors (Lipinski definition) is 2. The second-order valence-corrected chi connectivity index (χ2v) is 7.11. The van der Waals surface area contributed by atoms with Crippen LogP contribution in [0.25, 0.3) is 0 Å². The van der Waals surface area contributed by atoms with Crippen molar-refractivity contribution in [3.8, 4) is 0 Å². The normalized spacial score (nSPS) is 20.1. The van der Waals surface area contributed by atoms with E-state index in [1.165, 1.54) is 0 Å². The quantitative estimate of drug-likeness (QED) is 0.789. The van der Waals surface area contributed by atoms with Crippen LogP contribution in [0, 0.1) is 5.41 Å². The molecule has 0 aromatic heterocycles. The summed E-state index contributed by atoms with van der Waals surface area (Å²) in [5.74, 6) is 0.477. The fourth-order valence-electron chi connectivity index (χ4n) is 2.66. The molecule has 19 heavy (non-hydrogen) atoms. The van der Waals surface area contributed by atoms with Gasteiger partial charge >= 0.3 is 0 Å². The molecule has 0 spiro atoms. The molecule has 0 fully saturated rings. The van der Waals surface area contributed by atoms with Gasteiger partial charge in [0.05, 0.1) is 16.6 Å². The van der Waals surface area contributed by atoms with Gasteiger partial charge in [0.25, 0.3) is 0 Å². The first kappa shape index (κ1) is 14.2. The van der Waals surface area contributed by atoms with Crippen LogP contribution in [0.4, 0.5) is 0 Å². The summed E-state index contributed by atoms with van der Waals surface area (Å²) in [6.07, 6.45) is 3.89. The molecule has 1 atom stereocenters. The average Bonchev–Trinajstić information content (AvgIpc) is 2.41. The molecule has 0 saturated carbocycles. The molecule has 0 radical (unpaired) electrons.